The van der Waals surface area contributed by atoms with Gasteiger partial charge in [0.05, 0.1) is 5.60 Å². The van der Waals surface area contributed by atoms with E-state index in [4.69, 9.17) is 0 Å². The molecule has 1 aliphatic heterocycles. The van der Waals surface area contributed by atoms with E-state index in [9.17, 15) is 9.90 Å². The number of benzene rings is 1. The molecule has 0 aliphatic carbocycles. The summed E-state index contributed by atoms with van der Waals surface area (Å²) >= 11 is 0. The number of piperidine rings is 1. The molecule has 18 heavy (non-hydrogen) atoms. The first-order valence-electron chi connectivity index (χ1n) is 6.55. The van der Waals surface area contributed by atoms with Gasteiger partial charge in [0.15, 0.2) is 0 Å². The van der Waals surface area contributed by atoms with E-state index >= 15 is 0 Å². The Morgan fingerprint density at radius 1 is 1.28 bits per heavy atom. The van der Waals surface area contributed by atoms with E-state index < -0.39 is 5.60 Å². The van der Waals surface area contributed by atoms with Gasteiger partial charge in [-0.15, -0.1) is 0 Å². The Morgan fingerprint density at radius 2 is 1.89 bits per heavy atom. The Bertz CT molecular complexity index is 394. The molecule has 1 aromatic carbocycles. The third-order valence-corrected chi connectivity index (χ3v) is 3.61. The monoisotopic (exact) mass is 247 g/mol. The van der Waals surface area contributed by atoms with Crippen LogP contribution >= 0.6 is 0 Å². The molecule has 1 N–H and O–H groups in total. The van der Waals surface area contributed by atoms with Gasteiger partial charge in [0.2, 0.25) is 0 Å². The lowest BCUT2D eigenvalue weighted by Crippen LogP contribution is -2.44. The molecule has 0 aromatic heterocycles. The molecule has 1 aliphatic rings. The third kappa shape index (κ3) is 3.65. The number of carbonyl (C=O) groups excluding carboxylic acids is 1. The number of carbonyl (C=O) groups is 1. The van der Waals surface area contributed by atoms with Crippen molar-refractivity contribution < 1.29 is 9.90 Å². The molecule has 0 spiro atoms. The number of nitrogens with zero attached hydrogens (tertiary/aromatic N) is 1. The zero-order valence-corrected chi connectivity index (χ0v) is 10.9. The molecule has 0 saturated carbocycles. The fourth-order valence-corrected chi connectivity index (χ4v) is 2.61. The normalized spacial score (nSPS) is 19.7. The van der Waals surface area contributed by atoms with Gasteiger partial charge in [-0.3, -0.25) is 9.69 Å². The molecule has 0 bridgehead atoms. The topological polar surface area (TPSA) is 40.5 Å². The van der Waals surface area contributed by atoms with Crippen LogP contribution in [0.15, 0.2) is 30.3 Å². The van der Waals surface area contributed by atoms with Crippen molar-refractivity contribution in [1.82, 2.24) is 4.90 Å². The first kappa shape index (κ1) is 13.2. The molecule has 98 valence electrons. The zero-order valence-electron chi connectivity index (χ0n) is 10.9. The summed E-state index contributed by atoms with van der Waals surface area (Å²) in [5.41, 5.74) is 0.536. The van der Waals surface area contributed by atoms with Gasteiger partial charge in [0.1, 0.15) is 5.78 Å². The minimum absolute atomic E-state index is 0.0778. The number of hydrogen-bond donors (Lipinski definition) is 1. The molecule has 0 radical (unpaired) electrons. The number of hydrogen-bond acceptors (Lipinski definition) is 3. The van der Waals surface area contributed by atoms with Crippen molar-refractivity contribution >= 4 is 5.78 Å². The van der Waals surface area contributed by atoms with E-state index in [0.29, 0.717) is 19.3 Å². The van der Waals surface area contributed by atoms with Gasteiger partial charge in [-0.25, -0.2) is 0 Å². The summed E-state index contributed by atoms with van der Waals surface area (Å²) in [6.45, 7) is 4.20. The number of likely N-dealkylation sites (tertiary alicyclic amines) is 1. The van der Waals surface area contributed by atoms with E-state index in [1.165, 1.54) is 5.56 Å². The van der Waals surface area contributed by atoms with E-state index in [0.717, 1.165) is 19.6 Å². The second kappa shape index (κ2) is 5.63. The molecule has 1 heterocycles. The average molecular weight is 247 g/mol. The smallest absolute Gasteiger partial charge is 0.132 e. The Hall–Kier alpha value is -1.19. The summed E-state index contributed by atoms with van der Waals surface area (Å²) < 4.78 is 0. The van der Waals surface area contributed by atoms with Crippen LogP contribution in [0.4, 0.5) is 0 Å². The van der Waals surface area contributed by atoms with Crippen molar-refractivity contribution in [2.24, 2.45) is 0 Å². The molecule has 0 unspecified atom stereocenters. The molecule has 3 nitrogen and oxygen atoms in total. The maximum absolute atomic E-state index is 11.1. The Kier molecular flexibility index (Phi) is 4.15. The van der Waals surface area contributed by atoms with Crippen molar-refractivity contribution in [2.45, 2.75) is 38.3 Å². The predicted octanol–water partition coefficient (Wildman–Crippen LogP) is 1.99. The van der Waals surface area contributed by atoms with Crippen molar-refractivity contribution in [3.8, 4) is 0 Å². The Labute approximate surface area is 108 Å². The molecular weight excluding hydrogens is 226 g/mol. The zero-order chi connectivity index (χ0) is 13.0. The van der Waals surface area contributed by atoms with Crippen molar-refractivity contribution in [3.63, 3.8) is 0 Å². The van der Waals surface area contributed by atoms with Crippen molar-refractivity contribution in [2.75, 3.05) is 13.1 Å². The van der Waals surface area contributed by atoms with Crippen LogP contribution in [0.1, 0.15) is 31.7 Å². The first-order valence-corrected chi connectivity index (χ1v) is 6.55. The van der Waals surface area contributed by atoms with E-state index in [1.807, 2.05) is 18.2 Å². The highest BCUT2D eigenvalue weighted by Crippen LogP contribution is 2.26. The highest BCUT2D eigenvalue weighted by molar-refractivity contribution is 5.76. The van der Waals surface area contributed by atoms with Crippen LogP contribution in [0.25, 0.3) is 0 Å². The molecule has 1 saturated heterocycles. The second-order valence-corrected chi connectivity index (χ2v) is 5.36. The molecule has 0 amide bonds. The number of aliphatic hydroxyl groups is 1. The van der Waals surface area contributed by atoms with Crippen LogP contribution in [-0.2, 0) is 11.3 Å². The molecule has 1 aromatic rings. The fraction of sp³-hybridized carbons (Fsp3) is 0.533. The standard InChI is InChI=1S/C15H21NO2/c1-13(17)11-15(18)7-9-16(10-8-15)12-14-5-3-2-4-6-14/h2-6,18H,7-12H2,1H3. The summed E-state index contributed by atoms with van der Waals surface area (Å²) in [5, 5.41) is 10.3. The van der Waals surface area contributed by atoms with Gasteiger partial charge in [-0.05, 0) is 25.3 Å². The molecule has 0 atom stereocenters. The SMILES string of the molecule is CC(=O)CC1(O)CCN(Cc2ccccc2)CC1. The van der Waals surface area contributed by atoms with Gasteiger partial charge in [-0.2, -0.15) is 0 Å². The molecule has 2 rings (SSSR count). The van der Waals surface area contributed by atoms with Crippen LogP contribution in [0.2, 0.25) is 0 Å². The van der Waals surface area contributed by atoms with E-state index in [-0.39, 0.29) is 5.78 Å². The van der Waals surface area contributed by atoms with Gasteiger partial charge in [0.25, 0.3) is 0 Å². The van der Waals surface area contributed by atoms with Crippen LogP contribution in [0, 0.1) is 0 Å². The summed E-state index contributed by atoms with van der Waals surface area (Å²) in [6.07, 6.45) is 1.69. The summed E-state index contributed by atoms with van der Waals surface area (Å²) in [5.74, 6) is 0.0778. The third-order valence-electron chi connectivity index (χ3n) is 3.61. The van der Waals surface area contributed by atoms with Gasteiger partial charge in [0, 0.05) is 26.1 Å². The quantitative estimate of drug-likeness (QED) is 0.884. The van der Waals surface area contributed by atoms with E-state index in [2.05, 4.69) is 17.0 Å². The Morgan fingerprint density at radius 3 is 2.44 bits per heavy atom. The van der Waals surface area contributed by atoms with Crippen molar-refractivity contribution in [3.05, 3.63) is 35.9 Å². The fourth-order valence-electron chi connectivity index (χ4n) is 2.61. The maximum atomic E-state index is 11.1. The Balaban J connectivity index is 1.85. The van der Waals surface area contributed by atoms with Crippen LogP contribution in [0.5, 0.6) is 0 Å². The number of Topliss-reactive ketones (excluding diaryl/α,β-unsaturated/α-hetero) is 1. The molecule has 3 heteroatoms. The summed E-state index contributed by atoms with van der Waals surface area (Å²) in [7, 11) is 0. The summed E-state index contributed by atoms with van der Waals surface area (Å²) in [6, 6.07) is 10.4. The van der Waals surface area contributed by atoms with Gasteiger partial charge < -0.3 is 5.11 Å². The van der Waals surface area contributed by atoms with E-state index in [1.54, 1.807) is 6.92 Å². The minimum atomic E-state index is -0.765. The first-order chi connectivity index (χ1) is 8.57. The van der Waals surface area contributed by atoms with Crippen LogP contribution < -0.4 is 0 Å². The van der Waals surface area contributed by atoms with Crippen molar-refractivity contribution in [1.29, 1.82) is 0 Å². The number of ketones is 1. The lowest BCUT2D eigenvalue weighted by molar-refractivity contribution is -0.124. The second-order valence-electron chi connectivity index (χ2n) is 5.36. The number of rotatable bonds is 4. The molecular formula is C15H21NO2. The largest absolute Gasteiger partial charge is 0.389 e. The van der Waals surface area contributed by atoms with Gasteiger partial charge in [-0.1, -0.05) is 30.3 Å². The average Bonchev–Trinajstić information content (AvgIpc) is 2.33. The minimum Gasteiger partial charge on any atom is -0.389 e. The van der Waals surface area contributed by atoms with Crippen LogP contribution in [0.3, 0.4) is 0 Å². The summed E-state index contributed by atoms with van der Waals surface area (Å²) in [4.78, 5) is 13.5. The van der Waals surface area contributed by atoms with Crippen LogP contribution in [-0.4, -0.2) is 34.5 Å². The highest BCUT2D eigenvalue weighted by atomic mass is 16.3. The highest BCUT2D eigenvalue weighted by Gasteiger charge is 2.33. The van der Waals surface area contributed by atoms with Gasteiger partial charge >= 0.3 is 0 Å². The maximum Gasteiger partial charge on any atom is 0.132 e. The predicted molar refractivity (Wildman–Crippen MR) is 71.2 cm³/mol. The molecule has 1 fully saturated rings. The lowest BCUT2D eigenvalue weighted by atomic mass is 9.87. The lowest BCUT2D eigenvalue weighted by Gasteiger charge is -2.37.